The summed E-state index contributed by atoms with van der Waals surface area (Å²) in [5.41, 5.74) is 0.290. The molecule has 0 aliphatic carbocycles. The zero-order valence-corrected chi connectivity index (χ0v) is 15.0. The molecule has 1 aromatic carbocycles. The summed E-state index contributed by atoms with van der Waals surface area (Å²) in [6.07, 6.45) is -0.616. The van der Waals surface area contributed by atoms with Crippen LogP contribution in [0.1, 0.15) is 23.2 Å². The molecule has 0 aliphatic heterocycles. The van der Waals surface area contributed by atoms with Crippen LogP contribution in [0.4, 0.5) is 0 Å². The Morgan fingerprint density at radius 2 is 1.56 bits per heavy atom. The smallest absolute Gasteiger partial charge is 0.328 e. The van der Waals surface area contributed by atoms with Gasteiger partial charge in [0.1, 0.15) is 6.04 Å². The van der Waals surface area contributed by atoms with Crippen LogP contribution in [0.5, 0.6) is 0 Å². The highest BCUT2D eigenvalue weighted by Crippen LogP contribution is 2.17. The number of hydrazine groups is 1. The Morgan fingerprint density at radius 3 is 2.00 bits per heavy atom. The van der Waals surface area contributed by atoms with Crippen molar-refractivity contribution in [2.75, 3.05) is 24.8 Å². The molecule has 0 spiro atoms. The Hall–Kier alpha value is -1.83. The molecule has 0 radical (unpaired) electrons. The number of benzene rings is 1. The molecule has 0 aromatic heterocycles. The molecule has 0 unspecified atom stereocenters. The fraction of sp³-hybridized carbons (Fsp3) is 0.438. The van der Waals surface area contributed by atoms with Crippen LogP contribution < -0.4 is 0 Å². The maximum Gasteiger partial charge on any atom is 0.328 e. The van der Waals surface area contributed by atoms with Crippen LogP contribution in [0, 0.1) is 0 Å². The van der Waals surface area contributed by atoms with Crippen LogP contribution in [0.25, 0.3) is 0 Å². The molecule has 1 aromatic rings. The highest BCUT2D eigenvalue weighted by Gasteiger charge is 2.34. The van der Waals surface area contributed by atoms with E-state index in [4.69, 9.17) is 28.3 Å². The molecule has 0 saturated carbocycles. The third-order valence-electron chi connectivity index (χ3n) is 3.43. The Balaban J connectivity index is 3.24. The number of carbonyl (C=O) groups is 3. The van der Waals surface area contributed by atoms with Gasteiger partial charge in [0.2, 0.25) is 0 Å². The minimum atomic E-state index is -1.34. The van der Waals surface area contributed by atoms with E-state index in [0.29, 0.717) is 5.56 Å². The Labute approximate surface area is 155 Å². The number of carboxylic acids is 2. The Morgan fingerprint density at radius 1 is 1.00 bits per heavy atom. The second-order valence-electron chi connectivity index (χ2n) is 5.13. The summed E-state index contributed by atoms with van der Waals surface area (Å²) in [5, 5.41) is 20.9. The Kier molecular flexibility index (Phi) is 9.26. The SMILES string of the molecule is O=C(O)CC[C@@H](C(=O)O)N(C(=O)c1ccccc1)N(CCCl)CCCl. The van der Waals surface area contributed by atoms with Crippen molar-refractivity contribution in [2.24, 2.45) is 0 Å². The van der Waals surface area contributed by atoms with Crippen LogP contribution in [0.2, 0.25) is 0 Å². The molecule has 0 heterocycles. The molecule has 1 rings (SSSR count). The summed E-state index contributed by atoms with van der Waals surface area (Å²) >= 11 is 11.5. The van der Waals surface area contributed by atoms with Crippen molar-refractivity contribution >= 4 is 41.0 Å². The molecule has 2 N–H and O–H groups in total. The van der Waals surface area contributed by atoms with Crippen molar-refractivity contribution in [3.05, 3.63) is 35.9 Å². The number of halogens is 2. The van der Waals surface area contributed by atoms with Crippen LogP contribution >= 0.6 is 23.2 Å². The van der Waals surface area contributed by atoms with Crippen molar-refractivity contribution in [2.45, 2.75) is 18.9 Å². The topological polar surface area (TPSA) is 98.1 Å². The minimum absolute atomic E-state index is 0.154. The summed E-state index contributed by atoms with van der Waals surface area (Å²) in [5.74, 6) is -2.67. The molecule has 1 atom stereocenters. The number of alkyl halides is 2. The van der Waals surface area contributed by atoms with E-state index in [1.165, 1.54) is 5.01 Å². The highest BCUT2D eigenvalue weighted by atomic mass is 35.5. The number of nitrogens with zero attached hydrogens (tertiary/aromatic N) is 2. The standard InChI is InChI=1S/C16H20Cl2N2O5/c17-8-10-19(11-9-18)20(13(16(24)25)6-7-14(21)22)15(23)12-4-2-1-3-5-12/h1-5,13H,6-11H2,(H,21,22)(H,24,25)/t13-/m0/s1. The first-order valence-corrected chi connectivity index (χ1v) is 8.69. The van der Waals surface area contributed by atoms with Crippen LogP contribution in [-0.4, -0.2) is 69.0 Å². The second kappa shape index (κ2) is 10.9. The Bertz CT molecular complexity index is 579. The molecule has 0 bridgehead atoms. The van der Waals surface area contributed by atoms with Crippen molar-refractivity contribution in [1.29, 1.82) is 0 Å². The van der Waals surface area contributed by atoms with Crippen LogP contribution in [0.3, 0.4) is 0 Å². The van der Waals surface area contributed by atoms with Gasteiger partial charge in [-0.1, -0.05) is 18.2 Å². The first-order valence-electron chi connectivity index (χ1n) is 7.62. The average Bonchev–Trinajstić information content (AvgIpc) is 2.58. The van der Waals surface area contributed by atoms with Gasteiger partial charge in [-0.05, 0) is 18.6 Å². The molecular formula is C16H20Cl2N2O5. The third kappa shape index (κ3) is 6.53. The molecule has 7 nitrogen and oxygen atoms in total. The average molecular weight is 391 g/mol. The van der Waals surface area contributed by atoms with Crippen molar-refractivity contribution in [1.82, 2.24) is 10.0 Å². The van der Waals surface area contributed by atoms with Gasteiger partial charge in [-0.3, -0.25) is 14.6 Å². The largest absolute Gasteiger partial charge is 0.481 e. The summed E-state index contributed by atoms with van der Waals surface area (Å²) in [7, 11) is 0. The van der Waals surface area contributed by atoms with E-state index in [2.05, 4.69) is 0 Å². The van der Waals surface area contributed by atoms with E-state index >= 15 is 0 Å². The lowest BCUT2D eigenvalue weighted by molar-refractivity contribution is -0.150. The molecule has 9 heteroatoms. The van der Waals surface area contributed by atoms with Gasteiger partial charge in [0.15, 0.2) is 0 Å². The van der Waals surface area contributed by atoms with Gasteiger partial charge < -0.3 is 10.2 Å². The fourth-order valence-electron chi connectivity index (χ4n) is 2.31. The zero-order chi connectivity index (χ0) is 18.8. The van der Waals surface area contributed by atoms with Gasteiger partial charge >= 0.3 is 11.9 Å². The van der Waals surface area contributed by atoms with Crippen molar-refractivity contribution in [3.63, 3.8) is 0 Å². The van der Waals surface area contributed by atoms with Crippen LogP contribution in [0.15, 0.2) is 30.3 Å². The number of hydrogen-bond acceptors (Lipinski definition) is 4. The molecule has 25 heavy (non-hydrogen) atoms. The lowest BCUT2D eigenvalue weighted by atomic mass is 10.1. The highest BCUT2D eigenvalue weighted by molar-refractivity contribution is 6.18. The maximum absolute atomic E-state index is 12.9. The molecule has 0 fully saturated rings. The van der Waals surface area contributed by atoms with Crippen LogP contribution in [-0.2, 0) is 9.59 Å². The summed E-state index contributed by atoms with van der Waals surface area (Å²) in [6.45, 7) is 0.396. The first-order chi connectivity index (χ1) is 11.9. The van der Waals surface area contributed by atoms with E-state index in [-0.39, 0.29) is 37.7 Å². The van der Waals surface area contributed by atoms with E-state index in [1.54, 1.807) is 30.3 Å². The summed E-state index contributed by atoms with van der Waals surface area (Å²) in [4.78, 5) is 35.5. The van der Waals surface area contributed by atoms with E-state index in [9.17, 15) is 19.5 Å². The zero-order valence-electron chi connectivity index (χ0n) is 13.5. The fourth-order valence-corrected chi connectivity index (χ4v) is 2.70. The van der Waals surface area contributed by atoms with Gasteiger partial charge in [-0.2, -0.15) is 0 Å². The van der Waals surface area contributed by atoms with Gasteiger partial charge in [0.05, 0.1) is 0 Å². The van der Waals surface area contributed by atoms with E-state index in [0.717, 1.165) is 5.01 Å². The molecular weight excluding hydrogens is 371 g/mol. The van der Waals surface area contributed by atoms with Gasteiger partial charge in [-0.25, -0.2) is 9.80 Å². The number of amides is 1. The maximum atomic E-state index is 12.9. The minimum Gasteiger partial charge on any atom is -0.481 e. The van der Waals surface area contributed by atoms with Gasteiger partial charge in [-0.15, -0.1) is 23.2 Å². The normalized spacial score (nSPS) is 12.0. The van der Waals surface area contributed by atoms with Crippen molar-refractivity contribution in [3.8, 4) is 0 Å². The second-order valence-corrected chi connectivity index (χ2v) is 5.89. The quantitative estimate of drug-likeness (QED) is 0.443. The lowest BCUT2D eigenvalue weighted by Crippen LogP contribution is -2.56. The van der Waals surface area contributed by atoms with Gasteiger partial charge in [0.25, 0.3) is 5.91 Å². The van der Waals surface area contributed by atoms with E-state index in [1.807, 2.05) is 0 Å². The number of rotatable bonds is 11. The summed E-state index contributed by atoms with van der Waals surface area (Å²) in [6, 6.07) is 6.83. The third-order valence-corrected chi connectivity index (χ3v) is 3.77. The van der Waals surface area contributed by atoms with Crippen molar-refractivity contribution < 1.29 is 24.6 Å². The molecule has 138 valence electrons. The number of carboxylic acid groups (broad SMARTS) is 2. The molecule has 1 amide bonds. The number of aliphatic carboxylic acids is 2. The van der Waals surface area contributed by atoms with Gasteiger partial charge in [0, 0.05) is 36.8 Å². The molecule has 0 saturated heterocycles. The predicted octanol–water partition coefficient (Wildman–Crippen LogP) is 2.14. The predicted molar refractivity (Wildman–Crippen MR) is 93.9 cm³/mol. The monoisotopic (exact) mass is 390 g/mol. The molecule has 0 aliphatic rings. The summed E-state index contributed by atoms with van der Waals surface area (Å²) < 4.78 is 0. The lowest BCUT2D eigenvalue weighted by Gasteiger charge is -2.38. The number of carbonyl (C=O) groups excluding carboxylic acids is 1. The van der Waals surface area contributed by atoms with E-state index < -0.39 is 23.9 Å². The first kappa shape index (κ1) is 21.2. The number of hydrogen-bond donors (Lipinski definition) is 2.